The molecule has 4 N–H and O–H groups in total. The third-order valence-electron chi connectivity index (χ3n) is 2.77. The standard InChI is InChI=1S/C12H13N3OS/c1-6-3-4-8(5-7(6)2)9-10(13)14-12(17)15-11(9)16/h3-5H,1-2H3,(H4,13,14,15,16,17). The topological polar surface area (TPSA) is 74.7 Å². The van der Waals surface area contributed by atoms with Crippen LogP contribution in [0.1, 0.15) is 11.1 Å². The van der Waals surface area contributed by atoms with E-state index in [0.29, 0.717) is 11.4 Å². The monoisotopic (exact) mass is 247 g/mol. The molecule has 0 bridgehead atoms. The minimum Gasteiger partial charge on any atom is -0.385 e. The molecule has 17 heavy (non-hydrogen) atoms. The number of nitrogen functional groups attached to an aromatic ring is 1. The molecular formula is C12H13N3OS. The van der Waals surface area contributed by atoms with E-state index in [0.717, 1.165) is 11.1 Å². The molecule has 2 aromatic rings. The lowest BCUT2D eigenvalue weighted by Crippen LogP contribution is -2.14. The highest BCUT2D eigenvalue weighted by Gasteiger charge is 2.09. The van der Waals surface area contributed by atoms with Gasteiger partial charge in [0.05, 0.1) is 5.56 Å². The number of aryl methyl sites for hydroxylation is 2. The molecule has 0 saturated carbocycles. The zero-order chi connectivity index (χ0) is 12.6. The van der Waals surface area contributed by atoms with Gasteiger partial charge in [-0.3, -0.25) is 9.78 Å². The summed E-state index contributed by atoms with van der Waals surface area (Å²) in [6, 6.07) is 5.78. The molecule has 0 aliphatic rings. The largest absolute Gasteiger partial charge is 0.385 e. The minimum atomic E-state index is -0.269. The van der Waals surface area contributed by atoms with E-state index < -0.39 is 0 Å². The number of hydrogen-bond donors (Lipinski definition) is 3. The Bertz CT molecular complexity index is 685. The Morgan fingerprint density at radius 3 is 2.47 bits per heavy atom. The summed E-state index contributed by atoms with van der Waals surface area (Å²) in [5.41, 5.74) is 9.04. The van der Waals surface area contributed by atoms with Gasteiger partial charge < -0.3 is 10.7 Å². The molecule has 2 rings (SSSR count). The van der Waals surface area contributed by atoms with E-state index in [1.807, 2.05) is 32.0 Å². The van der Waals surface area contributed by atoms with Gasteiger partial charge in [0.15, 0.2) is 4.77 Å². The molecule has 0 radical (unpaired) electrons. The van der Waals surface area contributed by atoms with Gasteiger partial charge in [-0.05, 0) is 42.8 Å². The van der Waals surface area contributed by atoms with Crippen molar-refractivity contribution >= 4 is 18.0 Å². The van der Waals surface area contributed by atoms with Crippen molar-refractivity contribution in [3.8, 4) is 11.1 Å². The van der Waals surface area contributed by atoms with Crippen LogP contribution in [0.4, 0.5) is 5.82 Å². The lowest BCUT2D eigenvalue weighted by atomic mass is 10.0. The van der Waals surface area contributed by atoms with Gasteiger partial charge in [0.2, 0.25) is 0 Å². The zero-order valence-electron chi connectivity index (χ0n) is 9.63. The van der Waals surface area contributed by atoms with E-state index in [1.165, 1.54) is 5.56 Å². The maximum atomic E-state index is 11.8. The lowest BCUT2D eigenvalue weighted by molar-refractivity contribution is 1.10. The van der Waals surface area contributed by atoms with Crippen LogP contribution in [0.2, 0.25) is 0 Å². The van der Waals surface area contributed by atoms with Gasteiger partial charge >= 0.3 is 0 Å². The molecule has 0 fully saturated rings. The van der Waals surface area contributed by atoms with Gasteiger partial charge in [0.25, 0.3) is 5.56 Å². The van der Waals surface area contributed by atoms with E-state index in [9.17, 15) is 4.79 Å². The number of H-pyrrole nitrogens is 2. The van der Waals surface area contributed by atoms with Gasteiger partial charge in [-0.2, -0.15) is 0 Å². The van der Waals surface area contributed by atoms with Gasteiger partial charge in [0.1, 0.15) is 5.82 Å². The van der Waals surface area contributed by atoms with Crippen LogP contribution in [0.3, 0.4) is 0 Å². The minimum absolute atomic E-state index is 0.236. The predicted molar refractivity (Wildman–Crippen MR) is 71.6 cm³/mol. The number of rotatable bonds is 1. The Hall–Kier alpha value is -1.88. The first-order valence-electron chi connectivity index (χ1n) is 5.18. The number of hydrogen-bond acceptors (Lipinski definition) is 3. The maximum Gasteiger partial charge on any atom is 0.261 e. The van der Waals surface area contributed by atoms with Crippen molar-refractivity contribution in [3.05, 3.63) is 44.5 Å². The molecule has 0 aliphatic carbocycles. The number of nitrogens with one attached hydrogen (secondary N) is 2. The smallest absolute Gasteiger partial charge is 0.261 e. The fourth-order valence-electron chi connectivity index (χ4n) is 1.69. The number of aromatic nitrogens is 2. The number of benzene rings is 1. The van der Waals surface area contributed by atoms with Crippen molar-refractivity contribution in [2.45, 2.75) is 13.8 Å². The Morgan fingerprint density at radius 1 is 1.18 bits per heavy atom. The predicted octanol–water partition coefficient (Wildman–Crippen LogP) is 2.30. The Kier molecular flexibility index (Phi) is 2.85. The average Bonchev–Trinajstić information content (AvgIpc) is 2.21. The third-order valence-corrected chi connectivity index (χ3v) is 2.97. The summed E-state index contributed by atoms with van der Waals surface area (Å²) in [6.45, 7) is 4.01. The van der Waals surface area contributed by atoms with Crippen molar-refractivity contribution in [2.24, 2.45) is 0 Å². The van der Waals surface area contributed by atoms with Crippen molar-refractivity contribution in [3.63, 3.8) is 0 Å². The molecule has 4 nitrogen and oxygen atoms in total. The molecular weight excluding hydrogens is 234 g/mol. The summed E-state index contributed by atoms with van der Waals surface area (Å²) in [5.74, 6) is 0.294. The number of anilines is 1. The molecule has 0 atom stereocenters. The van der Waals surface area contributed by atoms with Gasteiger partial charge in [-0.1, -0.05) is 18.2 Å². The van der Waals surface area contributed by atoms with Gasteiger partial charge in [-0.25, -0.2) is 0 Å². The third kappa shape index (κ3) is 2.14. The summed E-state index contributed by atoms with van der Waals surface area (Å²) in [5, 5.41) is 0. The van der Waals surface area contributed by atoms with Crippen LogP contribution in [-0.4, -0.2) is 9.97 Å². The highest BCUT2D eigenvalue weighted by atomic mass is 32.1. The Morgan fingerprint density at radius 2 is 1.88 bits per heavy atom. The van der Waals surface area contributed by atoms with E-state index in [1.54, 1.807) is 0 Å². The van der Waals surface area contributed by atoms with E-state index in [4.69, 9.17) is 18.0 Å². The zero-order valence-corrected chi connectivity index (χ0v) is 10.4. The average molecular weight is 247 g/mol. The van der Waals surface area contributed by atoms with Crippen LogP contribution in [0.5, 0.6) is 0 Å². The van der Waals surface area contributed by atoms with Crippen molar-refractivity contribution in [2.75, 3.05) is 5.73 Å². The number of aromatic amines is 2. The molecule has 0 saturated heterocycles. The first-order chi connectivity index (χ1) is 7.99. The normalized spacial score (nSPS) is 10.5. The summed E-state index contributed by atoms with van der Waals surface area (Å²) in [7, 11) is 0. The summed E-state index contributed by atoms with van der Waals surface area (Å²) < 4.78 is 0.236. The Labute approximate surface area is 104 Å². The molecule has 1 aromatic carbocycles. The molecule has 0 spiro atoms. The summed E-state index contributed by atoms with van der Waals surface area (Å²) in [6.07, 6.45) is 0. The van der Waals surface area contributed by atoms with Crippen LogP contribution >= 0.6 is 12.2 Å². The van der Waals surface area contributed by atoms with Crippen LogP contribution in [0, 0.1) is 18.6 Å². The van der Waals surface area contributed by atoms with Crippen LogP contribution < -0.4 is 11.3 Å². The van der Waals surface area contributed by atoms with E-state index in [-0.39, 0.29) is 10.3 Å². The fraction of sp³-hybridized carbons (Fsp3) is 0.167. The van der Waals surface area contributed by atoms with Crippen LogP contribution in [-0.2, 0) is 0 Å². The second-order valence-electron chi connectivity index (χ2n) is 4.00. The quantitative estimate of drug-likeness (QED) is 0.677. The lowest BCUT2D eigenvalue weighted by Gasteiger charge is -2.07. The highest BCUT2D eigenvalue weighted by molar-refractivity contribution is 7.71. The van der Waals surface area contributed by atoms with Crippen molar-refractivity contribution in [1.82, 2.24) is 9.97 Å². The van der Waals surface area contributed by atoms with Crippen molar-refractivity contribution < 1.29 is 0 Å². The molecule has 0 unspecified atom stereocenters. The number of nitrogens with two attached hydrogens (primary N) is 1. The van der Waals surface area contributed by atoms with E-state index in [2.05, 4.69) is 9.97 Å². The molecule has 1 aromatic heterocycles. The summed E-state index contributed by atoms with van der Waals surface area (Å²) in [4.78, 5) is 17.1. The second-order valence-corrected chi connectivity index (χ2v) is 4.40. The van der Waals surface area contributed by atoms with Crippen molar-refractivity contribution in [1.29, 1.82) is 0 Å². The van der Waals surface area contributed by atoms with Gasteiger partial charge in [0, 0.05) is 0 Å². The second kappa shape index (κ2) is 4.18. The molecule has 1 heterocycles. The van der Waals surface area contributed by atoms with Gasteiger partial charge in [-0.15, -0.1) is 0 Å². The van der Waals surface area contributed by atoms with Crippen LogP contribution in [0.15, 0.2) is 23.0 Å². The molecule has 0 aliphatic heterocycles. The summed E-state index contributed by atoms with van der Waals surface area (Å²) >= 11 is 4.85. The van der Waals surface area contributed by atoms with E-state index >= 15 is 0 Å². The molecule has 0 amide bonds. The highest BCUT2D eigenvalue weighted by Crippen LogP contribution is 2.22. The Balaban J connectivity index is 2.73. The SMILES string of the molecule is Cc1ccc(-c2c(N)[nH]c(=S)[nH]c2=O)cc1C. The molecule has 88 valence electrons. The van der Waals surface area contributed by atoms with Crippen LogP contribution in [0.25, 0.3) is 11.1 Å². The first-order valence-corrected chi connectivity index (χ1v) is 5.59. The fourth-order valence-corrected chi connectivity index (χ4v) is 1.89. The maximum absolute atomic E-state index is 11.8. The molecule has 5 heteroatoms. The first kappa shape index (κ1) is 11.6.